The van der Waals surface area contributed by atoms with Crippen LogP contribution in [0.15, 0.2) is 36.7 Å². The van der Waals surface area contributed by atoms with E-state index in [1.54, 1.807) is 53.3 Å². The van der Waals surface area contributed by atoms with Crippen molar-refractivity contribution < 1.29 is 9.59 Å². The summed E-state index contributed by atoms with van der Waals surface area (Å²) in [5, 5.41) is 15.7. The Labute approximate surface area is 133 Å². The van der Waals surface area contributed by atoms with Crippen molar-refractivity contribution >= 4 is 23.2 Å². The minimum atomic E-state index is -0.423. The van der Waals surface area contributed by atoms with Crippen LogP contribution in [0.2, 0.25) is 0 Å². The quantitative estimate of drug-likeness (QED) is 0.924. The third kappa shape index (κ3) is 3.06. The third-order valence-corrected chi connectivity index (χ3v) is 3.76. The lowest BCUT2D eigenvalue weighted by Gasteiger charge is -2.14. The summed E-state index contributed by atoms with van der Waals surface area (Å²) in [6, 6.07) is 8.72. The SMILES string of the molecule is Cn1cc(N2C[C@H](C(=O)Nc3cccc(C#N)c3)CC2=O)cn1. The molecule has 1 fully saturated rings. The van der Waals surface area contributed by atoms with Crippen LogP contribution in [0.4, 0.5) is 11.4 Å². The van der Waals surface area contributed by atoms with Crippen molar-refractivity contribution in [2.75, 3.05) is 16.8 Å². The molecule has 0 radical (unpaired) electrons. The first-order valence-electron chi connectivity index (χ1n) is 7.17. The number of nitrogens with zero attached hydrogens (tertiary/aromatic N) is 4. The molecule has 1 aromatic heterocycles. The van der Waals surface area contributed by atoms with Crippen LogP contribution >= 0.6 is 0 Å². The Morgan fingerprint density at radius 2 is 2.30 bits per heavy atom. The number of nitrogens with one attached hydrogen (secondary N) is 1. The van der Waals surface area contributed by atoms with Gasteiger partial charge in [0.2, 0.25) is 11.8 Å². The van der Waals surface area contributed by atoms with Gasteiger partial charge in [-0.2, -0.15) is 10.4 Å². The van der Waals surface area contributed by atoms with Crippen molar-refractivity contribution in [1.29, 1.82) is 5.26 Å². The minimum absolute atomic E-state index is 0.0936. The molecule has 1 saturated heterocycles. The maximum absolute atomic E-state index is 12.3. The van der Waals surface area contributed by atoms with Crippen LogP contribution in [0, 0.1) is 17.2 Å². The van der Waals surface area contributed by atoms with E-state index in [1.807, 2.05) is 6.07 Å². The standard InChI is InChI=1S/C16H15N5O2/c1-20-10-14(8-18-20)21-9-12(6-15(21)22)16(23)19-13-4-2-3-11(5-13)7-17/h2-5,8,10,12H,6,9H2,1H3,(H,19,23)/t12-/m1/s1. The van der Waals surface area contributed by atoms with Crippen LogP contribution in [0.3, 0.4) is 0 Å². The minimum Gasteiger partial charge on any atom is -0.326 e. The second kappa shape index (κ2) is 5.93. The summed E-state index contributed by atoms with van der Waals surface area (Å²) in [7, 11) is 1.77. The summed E-state index contributed by atoms with van der Waals surface area (Å²) in [5.41, 5.74) is 1.72. The van der Waals surface area contributed by atoms with E-state index in [2.05, 4.69) is 10.4 Å². The van der Waals surface area contributed by atoms with Gasteiger partial charge in [-0.25, -0.2) is 0 Å². The molecule has 0 saturated carbocycles. The molecule has 7 heteroatoms. The Morgan fingerprint density at radius 3 is 3.00 bits per heavy atom. The first-order valence-corrected chi connectivity index (χ1v) is 7.17. The normalized spacial score (nSPS) is 17.1. The van der Waals surface area contributed by atoms with Gasteiger partial charge in [0.1, 0.15) is 0 Å². The van der Waals surface area contributed by atoms with Gasteiger partial charge in [-0.3, -0.25) is 14.3 Å². The molecule has 116 valence electrons. The summed E-state index contributed by atoms with van der Waals surface area (Å²) >= 11 is 0. The first-order chi connectivity index (χ1) is 11.1. The smallest absolute Gasteiger partial charge is 0.229 e. The highest BCUT2D eigenvalue weighted by molar-refractivity contribution is 6.03. The van der Waals surface area contributed by atoms with Crippen LogP contribution < -0.4 is 10.2 Å². The molecule has 1 aromatic carbocycles. The zero-order chi connectivity index (χ0) is 16.4. The second-order valence-corrected chi connectivity index (χ2v) is 5.46. The zero-order valence-corrected chi connectivity index (χ0v) is 12.6. The van der Waals surface area contributed by atoms with Gasteiger partial charge in [-0.15, -0.1) is 0 Å². The lowest BCUT2D eigenvalue weighted by atomic mass is 10.1. The summed E-state index contributed by atoms with van der Waals surface area (Å²) in [6.45, 7) is 0.328. The van der Waals surface area contributed by atoms with Crippen molar-refractivity contribution in [3.8, 4) is 6.07 Å². The fourth-order valence-electron chi connectivity index (χ4n) is 2.59. The van der Waals surface area contributed by atoms with E-state index in [1.165, 1.54) is 0 Å². The largest absolute Gasteiger partial charge is 0.326 e. The van der Waals surface area contributed by atoms with Gasteiger partial charge >= 0.3 is 0 Å². The number of anilines is 2. The monoisotopic (exact) mass is 309 g/mol. The van der Waals surface area contributed by atoms with Crippen LogP contribution in [0.1, 0.15) is 12.0 Å². The van der Waals surface area contributed by atoms with E-state index in [0.29, 0.717) is 23.5 Å². The van der Waals surface area contributed by atoms with E-state index >= 15 is 0 Å². The number of nitriles is 1. The van der Waals surface area contributed by atoms with Crippen molar-refractivity contribution in [1.82, 2.24) is 9.78 Å². The summed E-state index contributed by atoms with van der Waals surface area (Å²) < 4.78 is 1.61. The fourth-order valence-corrected chi connectivity index (χ4v) is 2.59. The van der Waals surface area contributed by atoms with Crippen molar-refractivity contribution in [3.63, 3.8) is 0 Å². The van der Waals surface area contributed by atoms with Gasteiger partial charge in [0, 0.05) is 31.9 Å². The Bertz CT molecular complexity index is 805. The van der Waals surface area contributed by atoms with E-state index in [-0.39, 0.29) is 18.2 Å². The Balaban J connectivity index is 1.69. The highest BCUT2D eigenvalue weighted by Crippen LogP contribution is 2.25. The van der Waals surface area contributed by atoms with Crippen LogP contribution in [0.25, 0.3) is 0 Å². The highest BCUT2D eigenvalue weighted by atomic mass is 16.2. The Hall–Kier alpha value is -3.14. The number of amides is 2. The van der Waals surface area contributed by atoms with E-state index in [4.69, 9.17) is 5.26 Å². The molecule has 3 rings (SSSR count). The average molecular weight is 309 g/mol. The maximum atomic E-state index is 12.3. The van der Waals surface area contributed by atoms with Gasteiger partial charge in [0.05, 0.1) is 29.4 Å². The molecule has 2 amide bonds. The van der Waals surface area contributed by atoms with Gasteiger partial charge in [-0.05, 0) is 18.2 Å². The molecular weight excluding hydrogens is 294 g/mol. The number of rotatable bonds is 3. The lowest BCUT2D eigenvalue weighted by molar-refractivity contribution is -0.122. The summed E-state index contributed by atoms with van der Waals surface area (Å²) in [4.78, 5) is 26.0. The highest BCUT2D eigenvalue weighted by Gasteiger charge is 2.35. The van der Waals surface area contributed by atoms with Gasteiger partial charge in [0.25, 0.3) is 0 Å². The van der Waals surface area contributed by atoms with Crippen molar-refractivity contribution in [2.45, 2.75) is 6.42 Å². The average Bonchev–Trinajstić information content (AvgIpc) is 3.13. The zero-order valence-electron chi connectivity index (χ0n) is 12.6. The Morgan fingerprint density at radius 1 is 1.48 bits per heavy atom. The molecule has 1 atom stereocenters. The summed E-state index contributed by atoms with van der Waals surface area (Å²) in [5.74, 6) is -0.739. The van der Waals surface area contributed by atoms with Gasteiger partial charge in [0.15, 0.2) is 0 Å². The van der Waals surface area contributed by atoms with E-state index < -0.39 is 5.92 Å². The predicted octanol–water partition coefficient (Wildman–Crippen LogP) is 1.28. The molecule has 0 spiro atoms. The molecule has 1 aliphatic rings. The number of aryl methyl sites for hydroxylation is 1. The molecule has 2 aromatic rings. The number of hydrogen-bond acceptors (Lipinski definition) is 4. The number of hydrogen-bond donors (Lipinski definition) is 1. The molecule has 0 unspecified atom stereocenters. The molecule has 0 aliphatic carbocycles. The number of carbonyl (C=O) groups excluding carboxylic acids is 2. The Kier molecular flexibility index (Phi) is 3.81. The maximum Gasteiger partial charge on any atom is 0.229 e. The van der Waals surface area contributed by atoms with Crippen LogP contribution in [-0.4, -0.2) is 28.1 Å². The fraction of sp³-hybridized carbons (Fsp3) is 0.250. The van der Waals surface area contributed by atoms with Crippen LogP contribution in [-0.2, 0) is 16.6 Å². The molecular formula is C16H15N5O2. The number of carbonyl (C=O) groups is 2. The number of aromatic nitrogens is 2. The molecule has 2 heterocycles. The van der Waals surface area contributed by atoms with Gasteiger partial charge in [-0.1, -0.05) is 6.07 Å². The summed E-state index contributed by atoms with van der Waals surface area (Å²) in [6.07, 6.45) is 3.52. The predicted molar refractivity (Wildman–Crippen MR) is 83.5 cm³/mol. The van der Waals surface area contributed by atoms with Crippen molar-refractivity contribution in [3.05, 3.63) is 42.2 Å². The number of benzene rings is 1. The molecule has 0 bridgehead atoms. The van der Waals surface area contributed by atoms with Crippen LogP contribution in [0.5, 0.6) is 0 Å². The topological polar surface area (TPSA) is 91.0 Å². The van der Waals surface area contributed by atoms with Gasteiger partial charge < -0.3 is 10.2 Å². The molecule has 1 aliphatic heterocycles. The lowest BCUT2D eigenvalue weighted by Crippen LogP contribution is -2.27. The molecule has 1 N–H and O–H groups in total. The van der Waals surface area contributed by atoms with Crippen molar-refractivity contribution in [2.24, 2.45) is 13.0 Å². The first kappa shape index (κ1) is 14.8. The van der Waals surface area contributed by atoms with E-state index in [9.17, 15) is 9.59 Å². The third-order valence-electron chi connectivity index (χ3n) is 3.76. The second-order valence-electron chi connectivity index (χ2n) is 5.46. The molecule has 7 nitrogen and oxygen atoms in total. The van der Waals surface area contributed by atoms with E-state index in [0.717, 1.165) is 0 Å². The molecule has 23 heavy (non-hydrogen) atoms.